The summed E-state index contributed by atoms with van der Waals surface area (Å²) in [5, 5.41) is 12.1. The van der Waals surface area contributed by atoms with Gasteiger partial charge in [0.05, 0.1) is 0 Å². The summed E-state index contributed by atoms with van der Waals surface area (Å²) in [4.78, 5) is 12.0. The van der Waals surface area contributed by atoms with Crippen LogP contribution in [0.5, 0.6) is 0 Å². The number of rotatable bonds is 8. The average molecular weight is 330 g/mol. The highest BCUT2D eigenvalue weighted by Gasteiger charge is 2.11. The average Bonchev–Trinajstić information content (AvgIpc) is 2.92. The van der Waals surface area contributed by atoms with Crippen molar-refractivity contribution in [1.82, 2.24) is 14.8 Å². The highest BCUT2D eigenvalue weighted by Crippen LogP contribution is 2.19. The van der Waals surface area contributed by atoms with Crippen LogP contribution in [0.1, 0.15) is 24.7 Å². The molecule has 0 saturated carbocycles. The van der Waals surface area contributed by atoms with Gasteiger partial charge in [-0.2, -0.15) is 0 Å². The van der Waals surface area contributed by atoms with Crippen molar-refractivity contribution in [2.45, 2.75) is 38.4 Å². The Morgan fingerprint density at radius 1 is 1.35 bits per heavy atom. The van der Waals surface area contributed by atoms with Crippen LogP contribution >= 0.6 is 11.8 Å². The minimum atomic E-state index is 0.00635. The molecule has 122 valence electrons. The molecule has 1 N–H and O–H groups in total. The number of benzene rings is 1. The van der Waals surface area contributed by atoms with E-state index in [9.17, 15) is 4.79 Å². The Morgan fingerprint density at radius 3 is 2.74 bits per heavy atom. The fourth-order valence-corrected chi connectivity index (χ4v) is 3.00. The molecule has 0 aliphatic heterocycles. The number of aryl methyl sites for hydroxylation is 2. The number of thioether (sulfide) groups is 1. The summed E-state index contributed by atoms with van der Waals surface area (Å²) in [6.07, 6.45) is 3.09. The first-order valence-corrected chi connectivity index (χ1v) is 8.65. The maximum absolute atomic E-state index is 12.0. The van der Waals surface area contributed by atoms with Crippen molar-refractivity contribution in [1.29, 1.82) is 0 Å². The van der Waals surface area contributed by atoms with Crippen LogP contribution in [0.25, 0.3) is 0 Å². The molecule has 0 saturated heterocycles. The minimum Gasteiger partial charge on any atom is -0.326 e. The van der Waals surface area contributed by atoms with E-state index in [0.29, 0.717) is 18.7 Å². The first-order valence-electron chi connectivity index (χ1n) is 7.66. The normalized spacial score (nSPS) is 10.5. The van der Waals surface area contributed by atoms with Crippen molar-refractivity contribution in [3.8, 4) is 0 Å². The Hall–Kier alpha value is -2.08. The lowest BCUT2D eigenvalue weighted by molar-refractivity contribution is -0.115. The number of carbonyl (C=O) groups excluding carboxylic acids is 1. The minimum absolute atomic E-state index is 0.00635. The van der Waals surface area contributed by atoms with Crippen LogP contribution in [0.3, 0.4) is 0 Å². The van der Waals surface area contributed by atoms with Crippen LogP contribution in [0, 0.1) is 6.92 Å². The van der Waals surface area contributed by atoms with Crippen molar-refractivity contribution in [3.63, 3.8) is 0 Å². The molecule has 1 aromatic carbocycles. The number of hydrogen-bond donors (Lipinski definition) is 1. The van der Waals surface area contributed by atoms with Crippen molar-refractivity contribution in [3.05, 3.63) is 48.3 Å². The number of nitrogens with one attached hydrogen (secondary N) is 1. The lowest BCUT2D eigenvalue weighted by Crippen LogP contribution is -2.12. The number of hydrogen-bond acceptors (Lipinski definition) is 4. The summed E-state index contributed by atoms with van der Waals surface area (Å²) < 4.78 is 2.04. The molecule has 0 aliphatic rings. The lowest BCUT2D eigenvalue weighted by atomic mass is 10.2. The zero-order chi connectivity index (χ0) is 16.7. The molecule has 6 heteroatoms. The summed E-state index contributed by atoms with van der Waals surface area (Å²) in [5.74, 6) is 1.61. The van der Waals surface area contributed by atoms with E-state index in [0.717, 1.165) is 23.1 Å². The molecular formula is C17H22N4OS. The number of aromatic nitrogens is 3. The molecule has 0 aliphatic carbocycles. The predicted molar refractivity (Wildman–Crippen MR) is 94.7 cm³/mol. The molecule has 0 bridgehead atoms. The van der Waals surface area contributed by atoms with Gasteiger partial charge in [-0.15, -0.1) is 16.8 Å². The zero-order valence-electron chi connectivity index (χ0n) is 13.6. The van der Waals surface area contributed by atoms with E-state index in [-0.39, 0.29) is 5.91 Å². The van der Waals surface area contributed by atoms with Crippen LogP contribution in [-0.4, -0.2) is 26.4 Å². The molecule has 1 amide bonds. The van der Waals surface area contributed by atoms with Gasteiger partial charge in [0, 0.05) is 30.8 Å². The van der Waals surface area contributed by atoms with Crippen LogP contribution < -0.4 is 5.32 Å². The molecule has 23 heavy (non-hydrogen) atoms. The molecule has 0 unspecified atom stereocenters. The van der Waals surface area contributed by atoms with Gasteiger partial charge in [0.25, 0.3) is 0 Å². The van der Waals surface area contributed by atoms with Gasteiger partial charge >= 0.3 is 0 Å². The molecule has 5 nitrogen and oxygen atoms in total. The maximum atomic E-state index is 12.0. The first kappa shape index (κ1) is 17.3. The Morgan fingerprint density at radius 2 is 2.09 bits per heavy atom. The standard InChI is InChI=1S/C17H22N4OS/c1-4-11-21-15(5-2)19-20-17(21)23-12-10-16(22)18-14-8-6-13(3)7-9-14/h4,6-9H,1,5,10-12H2,2-3H3,(H,18,22). The summed E-state index contributed by atoms with van der Waals surface area (Å²) >= 11 is 1.55. The van der Waals surface area contributed by atoms with Gasteiger partial charge < -0.3 is 9.88 Å². The first-order chi connectivity index (χ1) is 11.1. The van der Waals surface area contributed by atoms with Crippen LogP contribution in [-0.2, 0) is 17.8 Å². The van der Waals surface area contributed by atoms with E-state index in [2.05, 4.69) is 22.1 Å². The molecule has 1 aromatic heterocycles. The second-order valence-electron chi connectivity index (χ2n) is 5.16. The largest absolute Gasteiger partial charge is 0.326 e. The van der Waals surface area contributed by atoms with Crippen LogP contribution in [0.4, 0.5) is 5.69 Å². The quantitative estimate of drug-likeness (QED) is 0.595. The number of allylic oxidation sites excluding steroid dienone is 1. The van der Waals surface area contributed by atoms with Crippen LogP contribution in [0.2, 0.25) is 0 Å². The van der Waals surface area contributed by atoms with Gasteiger partial charge in [-0.05, 0) is 19.1 Å². The highest BCUT2D eigenvalue weighted by atomic mass is 32.2. The predicted octanol–water partition coefficient (Wildman–Crippen LogP) is 3.46. The maximum Gasteiger partial charge on any atom is 0.225 e. The SMILES string of the molecule is C=CCn1c(CC)nnc1SCCC(=O)Nc1ccc(C)cc1. The Balaban J connectivity index is 1.84. The second kappa shape index (κ2) is 8.53. The molecule has 1 heterocycles. The Kier molecular flexibility index (Phi) is 6.40. The molecule has 0 radical (unpaired) electrons. The lowest BCUT2D eigenvalue weighted by Gasteiger charge is -2.07. The Labute approximate surface area is 141 Å². The molecule has 0 spiro atoms. The number of carbonyl (C=O) groups is 1. The smallest absolute Gasteiger partial charge is 0.225 e. The van der Waals surface area contributed by atoms with E-state index in [1.807, 2.05) is 48.8 Å². The topological polar surface area (TPSA) is 59.8 Å². The third-order valence-corrected chi connectivity index (χ3v) is 4.29. The summed E-state index contributed by atoms with van der Waals surface area (Å²) in [6, 6.07) is 7.78. The monoisotopic (exact) mass is 330 g/mol. The molecular weight excluding hydrogens is 308 g/mol. The Bertz CT molecular complexity index is 664. The van der Waals surface area contributed by atoms with Crippen molar-refractivity contribution >= 4 is 23.4 Å². The van der Waals surface area contributed by atoms with E-state index >= 15 is 0 Å². The van der Waals surface area contributed by atoms with E-state index in [1.54, 1.807) is 11.8 Å². The van der Waals surface area contributed by atoms with E-state index < -0.39 is 0 Å². The molecule has 2 aromatic rings. The third-order valence-electron chi connectivity index (χ3n) is 3.32. The van der Waals surface area contributed by atoms with Gasteiger partial charge in [0.1, 0.15) is 5.82 Å². The van der Waals surface area contributed by atoms with E-state index in [1.165, 1.54) is 5.56 Å². The highest BCUT2D eigenvalue weighted by molar-refractivity contribution is 7.99. The van der Waals surface area contributed by atoms with Gasteiger partial charge in [-0.25, -0.2) is 0 Å². The van der Waals surface area contributed by atoms with Gasteiger partial charge in [0.2, 0.25) is 5.91 Å². The zero-order valence-corrected chi connectivity index (χ0v) is 14.4. The second-order valence-corrected chi connectivity index (χ2v) is 6.23. The summed E-state index contributed by atoms with van der Waals surface area (Å²) in [6.45, 7) is 8.52. The third kappa shape index (κ3) is 4.96. The van der Waals surface area contributed by atoms with Crippen molar-refractivity contribution in [2.75, 3.05) is 11.1 Å². The van der Waals surface area contributed by atoms with E-state index in [4.69, 9.17) is 0 Å². The van der Waals surface area contributed by atoms with Crippen molar-refractivity contribution < 1.29 is 4.79 Å². The number of anilines is 1. The van der Waals surface area contributed by atoms with Gasteiger partial charge in [-0.1, -0.05) is 42.5 Å². The number of amides is 1. The fraction of sp³-hybridized carbons (Fsp3) is 0.353. The summed E-state index contributed by atoms with van der Waals surface area (Å²) in [7, 11) is 0. The number of nitrogens with zero attached hydrogens (tertiary/aromatic N) is 3. The van der Waals surface area contributed by atoms with Crippen LogP contribution in [0.15, 0.2) is 42.1 Å². The molecule has 0 atom stereocenters. The summed E-state index contributed by atoms with van der Waals surface area (Å²) in [5.41, 5.74) is 2.00. The van der Waals surface area contributed by atoms with Gasteiger partial charge in [-0.3, -0.25) is 4.79 Å². The van der Waals surface area contributed by atoms with Crippen molar-refractivity contribution in [2.24, 2.45) is 0 Å². The molecule has 0 fully saturated rings. The molecule has 2 rings (SSSR count). The fourth-order valence-electron chi connectivity index (χ4n) is 2.10. The van der Waals surface area contributed by atoms with Gasteiger partial charge in [0.15, 0.2) is 5.16 Å².